The molecule has 2 aromatic heterocycles. The van der Waals surface area contributed by atoms with Crippen molar-refractivity contribution in [3.05, 3.63) is 22.9 Å². The highest BCUT2D eigenvalue weighted by atomic mass is 16.5. The van der Waals surface area contributed by atoms with E-state index in [9.17, 15) is 4.79 Å². The summed E-state index contributed by atoms with van der Waals surface area (Å²) in [6.07, 6.45) is 6.93. The van der Waals surface area contributed by atoms with E-state index in [1.807, 2.05) is 0 Å². The summed E-state index contributed by atoms with van der Waals surface area (Å²) >= 11 is 0. The molecule has 0 saturated heterocycles. The zero-order chi connectivity index (χ0) is 13.3. The Bertz CT molecular complexity index is 626. The number of aromatic amines is 1. The standard InChI is InChI=1S/C12H17N5O2/c13-12(4-2-1-3-5-12)7-19-10-6-9-15-16-11(18)17(9)8-14-10/h6,8H,1-5,7,13H2,(H,16,18). The Balaban J connectivity index is 1.72. The number of aromatic nitrogens is 4. The predicted molar refractivity (Wildman–Crippen MR) is 69.1 cm³/mol. The largest absolute Gasteiger partial charge is 0.476 e. The number of rotatable bonds is 3. The van der Waals surface area contributed by atoms with E-state index in [1.165, 1.54) is 17.1 Å². The lowest BCUT2D eigenvalue weighted by Crippen LogP contribution is -2.47. The Morgan fingerprint density at radius 2 is 2.21 bits per heavy atom. The van der Waals surface area contributed by atoms with E-state index < -0.39 is 0 Å². The lowest BCUT2D eigenvalue weighted by atomic mass is 9.83. The Morgan fingerprint density at radius 3 is 3.00 bits per heavy atom. The second kappa shape index (κ2) is 4.65. The average molecular weight is 263 g/mol. The van der Waals surface area contributed by atoms with Gasteiger partial charge in [0.25, 0.3) is 0 Å². The molecule has 102 valence electrons. The van der Waals surface area contributed by atoms with Crippen LogP contribution in [0, 0.1) is 0 Å². The summed E-state index contributed by atoms with van der Waals surface area (Å²) in [4.78, 5) is 15.4. The van der Waals surface area contributed by atoms with E-state index >= 15 is 0 Å². The number of ether oxygens (including phenoxy) is 1. The molecule has 2 aromatic rings. The molecule has 0 atom stereocenters. The van der Waals surface area contributed by atoms with Crippen LogP contribution in [0.4, 0.5) is 0 Å². The summed E-state index contributed by atoms with van der Waals surface area (Å²) in [6, 6.07) is 1.63. The molecule has 2 heterocycles. The van der Waals surface area contributed by atoms with Gasteiger partial charge in [-0.3, -0.25) is 0 Å². The number of fused-ring (bicyclic) bond motifs is 1. The van der Waals surface area contributed by atoms with Gasteiger partial charge in [-0.15, -0.1) is 0 Å². The first-order chi connectivity index (χ1) is 9.16. The molecule has 0 aromatic carbocycles. The van der Waals surface area contributed by atoms with Crippen LogP contribution >= 0.6 is 0 Å². The highest BCUT2D eigenvalue weighted by molar-refractivity contribution is 5.38. The van der Waals surface area contributed by atoms with Crippen LogP contribution in [-0.4, -0.2) is 31.7 Å². The quantitative estimate of drug-likeness (QED) is 0.838. The van der Waals surface area contributed by atoms with E-state index in [1.54, 1.807) is 6.07 Å². The SMILES string of the molecule is NC1(COc2cc3n[nH]c(=O)n3cn2)CCCCC1. The lowest BCUT2D eigenvalue weighted by molar-refractivity contribution is 0.169. The number of H-pyrrole nitrogens is 1. The van der Waals surface area contributed by atoms with Crippen molar-refractivity contribution in [3.8, 4) is 5.88 Å². The van der Waals surface area contributed by atoms with Gasteiger partial charge in [0.2, 0.25) is 5.88 Å². The van der Waals surface area contributed by atoms with Crippen LogP contribution in [0.25, 0.3) is 5.65 Å². The molecule has 0 amide bonds. The molecular formula is C12H17N5O2. The number of hydrogen-bond acceptors (Lipinski definition) is 5. The van der Waals surface area contributed by atoms with Crippen LogP contribution in [0.3, 0.4) is 0 Å². The maximum Gasteiger partial charge on any atom is 0.348 e. The second-order valence-electron chi connectivity index (χ2n) is 5.20. The number of nitrogens with zero attached hydrogens (tertiary/aromatic N) is 3. The van der Waals surface area contributed by atoms with E-state index in [0.29, 0.717) is 18.1 Å². The zero-order valence-corrected chi connectivity index (χ0v) is 10.6. The van der Waals surface area contributed by atoms with E-state index in [2.05, 4.69) is 15.2 Å². The van der Waals surface area contributed by atoms with Crippen molar-refractivity contribution in [3.63, 3.8) is 0 Å². The molecule has 0 aliphatic heterocycles. The van der Waals surface area contributed by atoms with E-state index in [4.69, 9.17) is 10.5 Å². The topological polar surface area (TPSA) is 98.3 Å². The summed E-state index contributed by atoms with van der Waals surface area (Å²) in [6.45, 7) is 0.449. The second-order valence-corrected chi connectivity index (χ2v) is 5.20. The van der Waals surface area contributed by atoms with Crippen LogP contribution in [0.1, 0.15) is 32.1 Å². The first kappa shape index (κ1) is 12.2. The Hall–Kier alpha value is -1.89. The minimum Gasteiger partial charge on any atom is -0.476 e. The minimum atomic E-state index is -0.309. The molecule has 0 unspecified atom stereocenters. The summed E-state index contributed by atoms with van der Waals surface area (Å²) in [7, 11) is 0. The molecule has 19 heavy (non-hydrogen) atoms. The lowest BCUT2D eigenvalue weighted by Gasteiger charge is -2.32. The van der Waals surface area contributed by atoms with Gasteiger partial charge in [-0.1, -0.05) is 19.3 Å². The van der Waals surface area contributed by atoms with E-state index in [0.717, 1.165) is 25.7 Å². The monoisotopic (exact) mass is 263 g/mol. The van der Waals surface area contributed by atoms with E-state index in [-0.39, 0.29) is 11.2 Å². The minimum absolute atomic E-state index is 0.253. The van der Waals surface area contributed by atoms with Gasteiger partial charge in [0.1, 0.15) is 12.9 Å². The highest BCUT2D eigenvalue weighted by Gasteiger charge is 2.28. The average Bonchev–Trinajstić information content (AvgIpc) is 2.79. The van der Waals surface area contributed by atoms with Crippen molar-refractivity contribution in [1.82, 2.24) is 19.6 Å². The van der Waals surface area contributed by atoms with Gasteiger partial charge in [-0.25, -0.2) is 19.3 Å². The smallest absolute Gasteiger partial charge is 0.348 e. The van der Waals surface area contributed by atoms with Gasteiger partial charge in [0.15, 0.2) is 5.65 Å². The number of nitrogens with one attached hydrogen (secondary N) is 1. The van der Waals surface area contributed by atoms with Gasteiger partial charge in [0.05, 0.1) is 5.54 Å². The molecule has 1 fully saturated rings. The number of hydrogen-bond donors (Lipinski definition) is 2. The van der Waals surface area contributed by atoms with Crippen LogP contribution < -0.4 is 16.2 Å². The molecule has 1 aliphatic carbocycles. The van der Waals surface area contributed by atoms with Crippen molar-refractivity contribution >= 4 is 5.65 Å². The van der Waals surface area contributed by atoms with Gasteiger partial charge in [-0.2, -0.15) is 5.10 Å². The molecule has 7 nitrogen and oxygen atoms in total. The molecule has 1 saturated carbocycles. The zero-order valence-electron chi connectivity index (χ0n) is 10.6. The molecule has 0 bridgehead atoms. The van der Waals surface area contributed by atoms with Gasteiger partial charge < -0.3 is 10.5 Å². The fourth-order valence-corrected chi connectivity index (χ4v) is 2.49. The fourth-order valence-electron chi connectivity index (χ4n) is 2.49. The Morgan fingerprint density at radius 1 is 1.42 bits per heavy atom. The van der Waals surface area contributed by atoms with Crippen molar-refractivity contribution in [2.24, 2.45) is 5.73 Å². The third kappa shape index (κ3) is 2.46. The number of nitrogens with two attached hydrogens (primary N) is 1. The molecule has 7 heteroatoms. The third-order valence-electron chi connectivity index (χ3n) is 3.64. The summed E-state index contributed by atoms with van der Waals surface area (Å²) in [5, 5.41) is 6.22. The van der Waals surface area contributed by atoms with Crippen LogP contribution in [0.15, 0.2) is 17.2 Å². The predicted octanol–water partition coefficient (Wildman–Crippen LogP) is 0.458. The maximum atomic E-state index is 11.3. The van der Waals surface area contributed by atoms with Crippen LogP contribution in [0.5, 0.6) is 5.88 Å². The van der Waals surface area contributed by atoms with Crippen LogP contribution in [0.2, 0.25) is 0 Å². The summed E-state index contributed by atoms with van der Waals surface area (Å²) < 4.78 is 6.99. The molecule has 3 rings (SSSR count). The fraction of sp³-hybridized carbons (Fsp3) is 0.583. The van der Waals surface area contributed by atoms with Crippen molar-refractivity contribution in [2.45, 2.75) is 37.6 Å². The molecule has 0 radical (unpaired) electrons. The maximum absolute atomic E-state index is 11.3. The summed E-state index contributed by atoms with van der Waals surface area (Å²) in [5.41, 5.74) is 6.22. The normalized spacial score (nSPS) is 18.6. The molecule has 3 N–H and O–H groups in total. The molecule has 0 spiro atoms. The van der Waals surface area contributed by atoms with Crippen molar-refractivity contribution in [2.75, 3.05) is 6.61 Å². The van der Waals surface area contributed by atoms with Gasteiger partial charge in [0, 0.05) is 6.07 Å². The van der Waals surface area contributed by atoms with Gasteiger partial charge >= 0.3 is 5.69 Å². The van der Waals surface area contributed by atoms with Crippen LogP contribution in [-0.2, 0) is 0 Å². The Labute approximate surface area is 109 Å². The first-order valence-corrected chi connectivity index (χ1v) is 6.51. The Kier molecular flexibility index (Phi) is 2.98. The first-order valence-electron chi connectivity index (χ1n) is 6.51. The third-order valence-corrected chi connectivity index (χ3v) is 3.64. The highest BCUT2D eigenvalue weighted by Crippen LogP contribution is 2.26. The molecular weight excluding hydrogens is 246 g/mol. The molecule has 1 aliphatic rings. The van der Waals surface area contributed by atoms with Crippen molar-refractivity contribution < 1.29 is 4.74 Å². The van der Waals surface area contributed by atoms with Gasteiger partial charge in [-0.05, 0) is 12.8 Å². The summed E-state index contributed by atoms with van der Waals surface area (Å²) in [5.74, 6) is 0.446. The van der Waals surface area contributed by atoms with Crippen molar-refractivity contribution in [1.29, 1.82) is 0 Å².